The zero-order valence-electron chi connectivity index (χ0n) is 19.5. The van der Waals surface area contributed by atoms with Gasteiger partial charge >= 0.3 is 6.18 Å². The maximum Gasteiger partial charge on any atom is 0.416 e. The van der Waals surface area contributed by atoms with Crippen molar-refractivity contribution in [1.82, 2.24) is 4.90 Å². The minimum absolute atomic E-state index is 0.172. The first-order valence-corrected chi connectivity index (χ1v) is 12.7. The Hall–Kier alpha value is -3.53. The van der Waals surface area contributed by atoms with Gasteiger partial charge in [0.1, 0.15) is 12.3 Å². The van der Waals surface area contributed by atoms with Crippen LogP contribution in [0.2, 0.25) is 0 Å². The fourth-order valence-electron chi connectivity index (χ4n) is 4.33. The number of likely N-dealkylation sites (tertiary alicyclic amines) is 1. The van der Waals surface area contributed by atoms with Gasteiger partial charge in [0.25, 0.3) is 10.0 Å². The molecule has 4 rings (SSSR count). The van der Waals surface area contributed by atoms with E-state index in [9.17, 15) is 26.4 Å². The van der Waals surface area contributed by atoms with Crippen molar-refractivity contribution in [2.75, 3.05) is 24.5 Å². The highest BCUT2D eigenvalue weighted by Crippen LogP contribution is 2.35. The molecule has 1 unspecified atom stereocenters. The number of halogens is 3. The maximum absolute atomic E-state index is 13.6. The Morgan fingerprint density at radius 3 is 2.36 bits per heavy atom. The third kappa shape index (κ3) is 5.33. The van der Waals surface area contributed by atoms with Crippen LogP contribution in [0, 0.1) is 0 Å². The van der Waals surface area contributed by atoms with Crippen LogP contribution in [-0.4, -0.2) is 39.4 Å². The summed E-state index contributed by atoms with van der Waals surface area (Å²) >= 11 is 0. The molecule has 1 saturated heterocycles. The van der Waals surface area contributed by atoms with Crippen LogP contribution in [-0.2, 0) is 21.0 Å². The van der Waals surface area contributed by atoms with Crippen LogP contribution in [0.15, 0.2) is 83.8 Å². The molecule has 0 spiro atoms. The predicted molar refractivity (Wildman–Crippen MR) is 129 cm³/mol. The zero-order valence-corrected chi connectivity index (χ0v) is 20.3. The SMILES string of the molecule is COc1ccc(S(=O)(=O)N(CC(=O)N2CCCC2c2ccccc2)c2cccc(C(F)(F)F)c2)cc1. The molecule has 0 radical (unpaired) electrons. The van der Waals surface area contributed by atoms with E-state index in [0.717, 1.165) is 34.5 Å². The van der Waals surface area contributed by atoms with Gasteiger partial charge in [0, 0.05) is 6.54 Å². The summed E-state index contributed by atoms with van der Waals surface area (Å²) in [5, 5.41) is 0. The quantitative estimate of drug-likeness (QED) is 0.427. The van der Waals surface area contributed by atoms with Gasteiger partial charge in [0.2, 0.25) is 5.91 Å². The van der Waals surface area contributed by atoms with E-state index in [-0.39, 0.29) is 16.6 Å². The van der Waals surface area contributed by atoms with E-state index in [1.165, 1.54) is 37.4 Å². The minimum atomic E-state index is -4.68. The highest BCUT2D eigenvalue weighted by atomic mass is 32.2. The number of sulfonamides is 1. The lowest BCUT2D eigenvalue weighted by molar-refractivity contribution is -0.137. The first kappa shape index (κ1) is 25.6. The van der Waals surface area contributed by atoms with Gasteiger partial charge in [-0.05, 0) is 60.9 Å². The summed E-state index contributed by atoms with van der Waals surface area (Å²) in [6, 6.07) is 18.6. The molecule has 1 amide bonds. The van der Waals surface area contributed by atoms with Crippen molar-refractivity contribution < 1.29 is 31.1 Å². The second kappa shape index (κ2) is 10.2. The Kier molecular flexibility index (Phi) is 7.26. The smallest absolute Gasteiger partial charge is 0.416 e. The fourth-order valence-corrected chi connectivity index (χ4v) is 5.73. The molecule has 0 aliphatic carbocycles. The highest BCUT2D eigenvalue weighted by Gasteiger charge is 2.36. The Balaban J connectivity index is 1.72. The number of carbonyl (C=O) groups excluding carboxylic acids is 1. The van der Waals surface area contributed by atoms with Crippen molar-refractivity contribution in [3.05, 3.63) is 90.0 Å². The summed E-state index contributed by atoms with van der Waals surface area (Å²) in [7, 11) is -2.96. The van der Waals surface area contributed by atoms with Gasteiger partial charge in [-0.2, -0.15) is 13.2 Å². The van der Waals surface area contributed by atoms with Gasteiger partial charge in [-0.25, -0.2) is 8.42 Å². The lowest BCUT2D eigenvalue weighted by Crippen LogP contribution is -2.43. The number of hydrogen-bond donors (Lipinski definition) is 0. The topological polar surface area (TPSA) is 66.9 Å². The molecular formula is C26H25F3N2O4S. The molecule has 10 heteroatoms. The van der Waals surface area contributed by atoms with Crippen LogP contribution in [0.25, 0.3) is 0 Å². The lowest BCUT2D eigenvalue weighted by Gasteiger charge is -2.30. The average Bonchev–Trinajstić information content (AvgIpc) is 3.37. The summed E-state index contributed by atoms with van der Waals surface area (Å²) in [5.74, 6) is -0.0748. The normalized spacial score (nSPS) is 16.1. The molecule has 3 aromatic rings. The van der Waals surface area contributed by atoms with Crippen molar-refractivity contribution in [1.29, 1.82) is 0 Å². The molecular weight excluding hydrogens is 493 g/mol. The molecule has 1 fully saturated rings. The molecule has 1 atom stereocenters. The van der Waals surface area contributed by atoms with Crippen LogP contribution in [0.3, 0.4) is 0 Å². The summed E-state index contributed by atoms with van der Waals surface area (Å²) < 4.78 is 73.3. The number of alkyl halides is 3. The van der Waals surface area contributed by atoms with Gasteiger partial charge in [-0.3, -0.25) is 9.10 Å². The number of ether oxygens (including phenoxy) is 1. The number of amides is 1. The molecule has 1 heterocycles. The number of nitrogens with zero attached hydrogens (tertiary/aromatic N) is 2. The van der Waals surface area contributed by atoms with Gasteiger partial charge in [-0.1, -0.05) is 36.4 Å². The molecule has 36 heavy (non-hydrogen) atoms. The number of benzene rings is 3. The third-order valence-corrected chi connectivity index (χ3v) is 7.93. The first-order valence-electron chi connectivity index (χ1n) is 11.3. The van der Waals surface area contributed by atoms with Crippen LogP contribution in [0.4, 0.5) is 18.9 Å². The average molecular weight is 519 g/mol. The minimum Gasteiger partial charge on any atom is -0.497 e. The zero-order chi connectivity index (χ0) is 25.9. The summed E-state index contributed by atoms with van der Waals surface area (Å²) in [6.45, 7) is -0.212. The van der Waals surface area contributed by atoms with Crippen molar-refractivity contribution in [3.63, 3.8) is 0 Å². The predicted octanol–water partition coefficient (Wildman–Crippen LogP) is 5.27. The molecule has 190 valence electrons. The molecule has 6 nitrogen and oxygen atoms in total. The largest absolute Gasteiger partial charge is 0.497 e. The Morgan fingerprint density at radius 2 is 1.72 bits per heavy atom. The Bertz CT molecular complexity index is 1310. The second-order valence-electron chi connectivity index (χ2n) is 8.39. The van der Waals surface area contributed by atoms with E-state index in [4.69, 9.17) is 4.74 Å². The standard InChI is InChI=1S/C26H25F3N2O4S/c1-35-22-12-14-23(15-13-22)36(33,34)31(21-10-5-9-20(17-21)26(27,28)29)18-25(32)30-16-6-11-24(30)19-7-3-2-4-8-19/h2-5,7-10,12-15,17,24H,6,11,16,18H2,1H3. The van der Waals surface area contributed by atoms with Gasteiger partial charge in [-0.15, -0.1) is 0 Å². The van der Waals surface area contributed by atoms with Crippen LogP contribution in [0.5, 0.6) is 5.75 Å². The fraction of sp³-hybridized carbons (Fsp3) is 0.269. The number of methoxy groups -OCH3 is 1. The molecule has 1 aliphatic heterocycles. The Morgan fingerprint density at radius 1 is 1.03 bits per heavy atom. The second-order valence-corrected chi connectivity index (χ2v) is 10.3. The van der Waals surface area contributed by atoms with Crippen LogP contribution >= 0.6 is 0 Å². The highest BCUT2D eigenvalue weighted by molar-refractivity contribution is 7.92. The third-order valence-electron chi connectivity index (χ3n) is 6.15. The van der Waals surface area contributed by atoms with Crippen molar-refractivity contribution >= 4 is 21.6 Å². The van der Waals surface area contributed by atoms with E-state index in [1.54, 1.807) is 4.90 Å². The molecule has 0 saturated carbocycles. The molecule has 3 aromatic carbocycles. The van der Waals surface area contributed by atoms with Crippen LogP contribution < -0.4 is 9.04 Å². The molecule has 0 bridgehead atoms. The molecule has 0 aromatic heterocycles. The summed E-state index contributed by atoms with van der Waals surface area (Å²) in [5.41, 5.74) is -0.331. The van der Waals surface area contributed by atoms with Gasteiger partial charge in [0.15, 0.2) is 0 Å². The lowest BCUT2D eigenvalue weighted by atomic mass is 10.0. The van der Waals surface area contributed by atoms with E-state index >= 15 is 0 Å². The van der Waals surface area contributed by atoms with E-state index < -0.39 is 34.2 Å². The molecule has 0 N–H and O–H groups in total. The monoisotopic (exact) mass is 518 g/mol. The number of anilines is 1. The molecule has 1 aliphatic rings. The van der Waals surface area contributed by atoms with Crippen molar-refractivity contribution in [3.8, 4) is 5.75 Å². The van der Waals surface area contributed by atoms with E-state index in [0.29, 0.717) is 18.7 Å². The van der Waals surface area contributed by atoms with E-state index in [2.05, 4.69) is 0 Å². The van der Waals surface area contributed by atoms with Crippen molar-refractivity contribution in [2.45, 2.75) is 30.0 Å². The number of rotatable bonds is 7. The Labute approximate surface area is 208 Å². The maximum atomic E-state index is 13.6. The summed E-state index contributed by atoms with van der Waals surface area (Å²) in [6.07, 6.45) is -3.23. The summed E-state index contributed by atoms with van der Waals surface area (Å²) in [4.78, 5) is 14.9. The first-order chi connectivity index (χ1) is 17.1. The van der Waals surface area contributed by atoms with Gasteiger partial charge in [0.05, 0.1) is 29.3 Å². The van der Waals surface area contributed by atoms with Crippen LogP contribution in [0.1, 0.15) is 30.0 Å². The number of hydrogen-bond acceptors (Lipinski definition) is 4. The number of carbonyl (C=O) groups is 1. The van der Waals surface area contributed by atoms with Crippen molar-refractivity contribution in [2.24, 2.45) is 0 Å². The van der Waals surface area contributed by atoms with E-state index in [1.807, 2.05) is 30.3 Å². The van der Waals surface area contributed by atoms with Gasteiger partial charge < -0.3 is 9.64 Å².